The maximum Gasteiger partial charge on any atom is 0.243 e. The van der Waals surface area contributed by atoms with Crippen molar-refractivity contribution in [1.29, 1.82) is 0 Å². The molecule has 1 unspecified atom stereocenters. The van der Waals surface area contributed by atoms with Gasteiger partial charge in [0, 0.05) is 12.6 Å². The Hall–Kier alpha value is -1.59. The molecule has 0 aromatic heterocycles. The highest BCUT2D eigenvalue weighted by molar-refractivity contribution is 5.74. The van der Waals surface area contributed by atoms with Crippen LogP contribution in [-0.4, -0.2) is 32.3 Å². The molecule has 5 nitrogen and oxygen atoms in total. The van der Waals surface area contributed by atoms with Crippen molar-refractivity contribution in [3.8, 4) is 5.75 Å². The standard InChI is InChI=1S/C15H24N2O3/c1-3-9-20-14-6-4-13(5-7-14)12(2)17-8-10-19-11-15(16)18/h4-7,12,17H,3,8-11H2,1-2H3,(H2,16,18). The third-order valence-corrected chi connectivity index (χ3v) is 2.79. The van der Waals surface area contributed by atoms with Crippen LogP contribution in [0.2, 0.25) is 0 Å². The zero-order valence-corrected chi connectivity index (χ0v) is 12.2. The number of benzene rings is 1. The minimum Gasteiger partial charge on any atom is -0.494 e. The van der Waals surface area contributed by atoms with Gasteiger partial charge in [0.15, 0.2) is 0 Å². The number of rotatable bonds is 10. The minimum absolute atomic E-state index is 0.0282. The first kappa shape index (κ1) is 16.5. The monoisotopic (exact) mass is 280 g/mol. The number of nitrogens with two attached hydrogens (primary N) is 1. The largest absolute Gasteiger partial charge is 0.494 e. The molecular formula is C15H24N2O3. The molecular weight excluding hydrogens is 256 g/mol. The Bertz CT molecular complexity index is 393. The third kappa shape index (κ3) is 6.54. The maximum absolute atomic E-state index is 10.5. The highest BCUT2D eigenvalue weighted by atomic mass is 16.5. The van der Waals surface area contributed by atoms with E-state index in [0.717, 1.165) is 18.8 Å². The second-order valence-corrected chi connectivity index (χ2v) is 4.61. The molecule has 5 heteroatoms. The van der Waals surface area contributed by atoms with E-state index < -0.39 is 5.91 Å². The Kier molecular flexibility index (Phi) is 7.69. The minimum atomic E-state index is -0.444. The van der Waals surface area contributed by atoms with Crippen molar-refractivity contribution >= 4 is 5.91 Å². The maximum atomic E-state index is 10.5. The van der Waals surface area contributed by atoms with E-state index in [1.54, 1.807) is 0 Å². The molecule has 0 saturated heterocycles. The van der Waals surface area contributed by atoms with E-state index in [1.165, 1.54) is 5.56 Å². The molecule has 1 atom stereocenters. The third-order valence-electron chi connectivity index (χ3n) is 2.79. The van der Waals surface area contributed by atoms with Crippen molar-refractivity contribution in [2.24, 2.45) is 5.73 Å². The smallest absolute Gasteiger partial charge is 0.243 e. The van der Waals surface area contributed by atoms with E-state index in [-0.39, 0.29) is 12.6 Å². The topological polar surface area (TPSA) is 73.6 Å². The van der Waals surface area contributed by atoms with E-state index in [9.17, 15) is 4.79 Å². The number of nitrogens with one attached hydrogen (secondary N) is 1. The van der Waals surface area contributed by atoms with E-state index >= 15 is 0 Å². The van der Waals surface area contributed by atoms with Crippen LogP contribution in [0.5, 0.6) is 5.75 Å². The number of ether oxygens (including phenoxy) is 2. The summed E-state index contributed by atoms with van der Waals surface area (Å²) in [5.74, 6) is 0.452. The van der Waals surface area contributed by atoms with Gasteiger partial charge in [0.2, 0.25) is 5.91 Å². The zero-order valence-electron chi connectivity index (χ0n) is 12.2. The van der Waals surface area contributed by atoms with E-state index in [4.69, 9.17) is 15.2 Å². The first-order chi connectivity index (χ1) is 9.63. The molecule has 0 spiro atoms. The van der Waals surface area contributed by atoms with Gasteiger partial charge >= 0.3 is 0 Å². The van der Waals surface area contributed by atoms with Crippen LogP contribution in [0.4, 0.5) is 0 Å². The molecule has 1 amide bonds. The van der Waals surface area contributed by atoms with Crippen LogP contribution in [-0.2, 0) is 9.53 Å². The van der Waals surface area contributed by atoms with Gasteiger partial charge in [0.25, 0.3) is 0 Å². The Balaban J connectivity index is 2.28. The molecule has 1 aromatic carbocycles. The second kappa shape index (κ2) is 9.34. The molecule has 0 radical (unpaired) electrons. The highest BCUT2D eigenvalue weighted by Crippen LogP contribution is 2.17. The van der Waals surface area contributed by atoms with Crippen LogP contribution in [0, 0.1) is 0 Å². The van der Waals surface area contributed by atoms with Crippen molar-refractivity contribution in [3.63, 3.8) is 0 Å². The quantitative estimate of drug-likeness (QED) is 0.639. The number of hydrogen-bond acceptors (Lipinski definition) is 4. The Morgan fingerprint density at radius 3 is 2.60 bits per heavy atom. The fraction of sp³-hybridized carbons (Fsp3) is 0.533. The Labute approximate surface area is 120 Å². The predicted molar refractivity (Wildman–Crippen MR) is 78.7 cm³/mol. The molecule has 0 bridgehead atoms. The summed E-state index contributed by atoms with van der Waals surface area (Å²) in [5.41, 5.74) is 6.16. The summed E-state index contributed by atoms with van der Waals surface area (Å²) in [6.07, 6.45) is 1.00. The van der Waals surface area contributed by atoms with Crippen LogP contribution < -0.4 is 15.8 Å². The average Bonchev–Trinajstić information content (AvgIpc) is 2.44. The van der Waals surface area contributed by atoms with Crippen LogP contribution in [0.25, 0.3) is 0 Å². The Morgan fingerprint density at radius 1 is 1.30 bits per heavy atom. The Morgan fingerprint density at radius 2 is 2.00 bits per heavy atom. The lowest BCUT2D eigenvalue weighted by molar-refractivity contribution is -0.122. The first-order valence-electron chi connectivity index (χ1n) is 6.95. The molecule has 0 heterocycles. The van der Waals surface area contributed by atoms with Crippen LogP contribution >= 0.6 is 0 Å². The average molecular weight is 280 g/mol. The van der Waals surface area contributed by atoms with Gasteiger partial charge in [-0.2, -0.15) is 0 Å². The number of carbonyl (C=O) groups is 1. The molecule has 112 valence electrons. The molecule has 20 heavy (non-hydrogen) atoms. The SMILES string of the molecule is CCCOc1ccc(C(C)NCCOCC(N)=O)cc1. The number of hydrogen-bond donors (Lipinski definition) is 2. The van der Waals surface area contributed by atoms with Gasteiger partial charge in [0.05, 0.1) is 13.2 Å². The van der Waals surface area contributed by atoms with Gasteiger partial charge in [0.1, 0.15) is 12.4 Å². The lowest BCUT2D eigenvalue weighted by Gasteiger charge is -2.15. The molecule has 0 fully saturated rings. The molecule has 3 N–H and O–H groups in total. The van der Waals surface area contributed by atoms with E-state index in [0.29, 0.717) is 13.2 Å². The van der Waals surface area contributed by atoms with Crippen molar-refractivity contribution in [3.05, 3.63) is 29.8 Å². The van der Waals surface area contributed by atoms with Crippen molar-refractivity contribution in [2.45, 2.75) is 26.3 Å². The van der Waals surface area contributed by atoms with E-state index in [1.807, 2.05) is 24.3 Å². The molecule has 0 saturated carbocycles. The van der Waals surface area contributed by atoms with Crippen molar-refractivity contribution < 1.29 is 14.3 Å². The predicted octanol–water partition coefficient (Wildman–Crippen LogP) is 1.63. The highest BCUT2D eigenvalue weighted by Gasteiger charge is 2.04. The van der Waals surface area contributed by atoms with Gasteiger partial charge in [-0.15, -0.1) is 0 Å². The molecule has 1 aromatic rings. The fourth-order valence-corrected chi connectivity index (χ4v) is 1.71. The summed E-state index contributed by atoms with van der Waals surface area (Å²) >= 11 is 0. The van der Waals surface area contributed by atoms with Crippen LogP contribution in [0.1, 0.15) is 31.9 Å². The normalized spacial score (nSPS) is 12.1. The summed E-state index contributed by atoms with van der Waals surface area (Å²) in [6.45, 7) is 6.01. The fourth-order valence-electron chi connectivity index (χ4n) is 1.71. The van der Waals surface area contributed by atoms with E-state index in [2.05, 4.69) is 19.2 Å². The number of amides is 1. The van der Waals surface area contributed by atoms with Gasteiger partial charge in [-0.25, -0.2) is 0 Å². The summed E-state index contributed by atoms with van der Waals surface area (Å²) in [6, 6.07) is 8.27. The lowest BCUT2D eigenvalue weighted by atomic mass is 10.1. The van der Waals surface area contributed by atoms with Gasteiger partial charge in [-0.3, -0.25) is 4.79 Å². The van der Waals surface area contributed by atoms with Crippen molar-refractivity contribution in [2.75, 3.05) is 26.4 Å². The summed E-state index contributed by atoms with van der Waals surface area (Å²) in [4.78, 5) is 10.5. The number of carbonyl (C=O) groups excluding carboxylic acids is 1. The lowest BCUT2D eigenvalue weighted by Crippen LogP contribution is -2.25. The summed E-state index contributed by atoms with van der Waals surface area (Å²) in [5, 5.41) is 3.32. The van der Waals surface area contributed by atoms with Crippen molar-refractivity contribution in [1.82, 2.24) is 5.32 Å². The van der Waals surface area contributed by atoms with Gasteiger partial charge < -0.3 is 20.5 Å². The van der Waals surface area contributed by atoms with Gasteiger partial charge in [-0.05, 0) is 31.0 Å². The van der Waals surface area contributed by atoms with Gasteiger partial charge in [-0.1, -0.05) is 19.1 Å². The second-order valence-electron chi connectivity index (χ2n) is 4.61. The summed E-state index contributed by atoms with van der Waals surface area (Å²) in [7, 11) is 0. The number of primary amides is 1. The molecule has 0 aliphatic carbocycles. The molecule has 0 aliphatic heterocycles. The molecule has 1 rings (SSSR count). The van der Waals surface area contributed by atoms with Crippen LogP contribution in [0.3, 0.4) is 0 Å². The van der Waals surface area contributed by atoms with Crippen LogP contribution in [0.15, 0.2) is 24.3 Å². The molecule has 0 aliphatic rings. The zero-order chi connectivity index (χ0) is 14.8. The summed E-state index contributed by atoms with van der Waals surface area (Å²) < 4.78 is 10.6. The first-order valence-corrected chi connectivity index (χ1v) is 6.95.